The number of para-hydroxylation sites is 1. The molecule has 0 saturated carbocycles. The standard InChI is InChI=1S/C21H18ClFN4O2S/c22-15-6-2-4-8-18(15)27-11-14(10-24-27)25-20(28)17-12-30-19(21(29)26-17)9-13-5-1-3-7-16(13)23/h1-8,10-11,17,19H,9,12H2,(H,25,28)(H,26,29). The predicted octanol–water partition coefficient (Wildman–Crippen LogP) is 3.45. The average Bonchev–Trinajstić information content (AvgIpc) is 3.19. The van der Waals surface area contributed by atoms with Crippen LogP contribution in [0.2, 0.25) is 5.02 Å². The van der Waals surface area contributed by atoms with E-state index in [1.54, 1.807) is 35.1 Å². The van der Waals surface area contributed by atoms with Crippen molar-refractivity contribution in [1.82, 2.24) is 15.1 Å². The van der Waals surface area contributed by atoms with Crippen LogP contribution in [0.5, 0.6) is 0 Å². The summed E-state index contributed by atoms with van der Waals surface area (Å²) in [5.41, 5.74) is 1.67. The van der Waals surface area contributed by atoms with Crippen LogP contribution in [0.25, 0.3) is 5.69 Å². The maximum absolute atomic E-state index is 13.8. The minimum absolute atomic E-state index is 0.276. The molecule has 1 aromatic heterocycles. The second-order valence-electron chi connectivity index (χ2n) is 6.79. The van der Waals surface area contributed by atoms with Gasteiger partial charge in [-0.05, 0) is 30.2 Å². The van der Waals surface area contributed by atoms with Gasteiger partial charge in [0, 0.05) is 5.75 Å². The van der Waals surface area contributed by atoms with Crippen molar-refractivity contribution in [2.45, 2.75) is 17.7 Å². The van der Waals surface area contributed by atoms with Crippen molar-refractivity contribution >= 4 is 40.9 Å². The molecule has 4 rings (SSSR count). The Bertz CT molecular complexity index is 1090. The first-order valence-corrected chi connectivity index (χ1v) is 10.7. The van der Waals surface area contributed by atoms with Gasteiger partial charge in [0.2, 0.25) is 11.8 Å². The molecule has 3 aromatic rings. The zero-order valence-electron chi connectivity index (χ0n) is 15.7. The largest absolute Gasteiger partial charge is 0.343 e. The summed E-state index contributed by atoms with van der Waals surface area (Å²) in [5, 5.41) is 9.81. The summed E-state index contributed by atoms with van der Waals surface area (Å²) in [6.07, 6.45) is 3.44. The number of rotatable bonds is 5. The minimum Gasteiger partial charge on any atom is -0.343 e. The number of amides is 2. The maximum atomic E-state index is 13.8. The van der Waals surface area contributed by atoms with Crippen molar-refractivity contribution < 1.29 is 14.0 Å². The summed E-state index contributed by atoms with van der Waals surface area (Å²) in [4.78, 5) is 25.0. The highest BCUT2D eigenvalue weighted by Gasteiger charge is 2.33. The van der Waals surface area contributed by atoms with E-state index in [-0.39, 0.29) is 24.1 Å². The highest BCUT2D eigenvalue weighted by Crippen LogP contribution is 2.24. The number of carbonyl (C=O) groups is 2. The Morgan fingerprint density at radius 1 is 1.27 bits per heavy atom. The number of hydrogen-bond donors (Lipinski definition) is 2. The number of anilines is 1. The Balaban J connectivity index is 1.36. The zero-order valence-corrected chi connectivity index (χ0v) is 17.3. The van der Waals surface area contributed by atoms with E-state index < -0.39 is 11.3 Å². The van der Waals surface area contributed by atoms with E-state index in [0.29, 0.717) is 27.7 Å². The van der Waals surface area contributed by atoms with Gasteiger partial charge in [-0.2, -0.15) is 5.10 Å². The van der Waals surface area contributed by atoms with Crippen LogP contribution in [-0.2, 0) is 16.0 Å². The van der Waals surface area contributed by atoms with Crippen LogP contribution >= 0.6 is 23.4 Å². The number of halogens is 2. The SMILES string of the molecule is O=C(Nc1cnn(-c2ccccc2Cl)c1)C1CSC(Cc2ccccc2F)C(=O)N1. The van der Waals surface area contributed by atoms with E-state index in [9.17, 15) is 14.0 Å². The summed E-state index contributed by atoms with van der Waals surface area (Å²) in [7, 11) is 0. The Hall–Kier alpha value is -2.84. The maximum Gasteiger partial charge on any atom is 0.247 e. The lowest BCUT2D eigenvalue weighted by molar-refractivity contribution is -0.126. The molecule has 2 N–H and O–H groups in total. The third kappa shape index (κ3) is 4.49. The first-order valence-electron chi connectivity index (χ1n) is 9.27. The van der Waals surface area contributed by atoms with Crippen molar-refractivity contribution in [3.63, 3.8) is 0 Å². The van der Waals surface area contributed by atoms with Gasteiger partial charge in [0.25, 0.3) is 0 Å². The van der Waals surface area contributed by atoms with Crippen LogP contribution in [0.15, 0.2) is 60.9 Å². The summed E-state index contributed by atoms with van der Waals surface area (Å²) in [6.45, 7) is 0. The number of carbonyl (C=O) groups excluding carboxylic acids is 2. The van der Waals surface area contributed by atoms with Gasteiger partial charge in [0.15, 0.2) is 0 Å². The fourth-order valence-corrected chi connectivity index (χ4v) is 4.54. The lowest BCUT2D eigenvalue weighted by Gasteiger charge is -2.28. The van der Waals surface area contributed by atoms with Gasteiger partial charge >= 0.3 is 0 Å². The molecule has 2 unspecified atom stereocenters. The lowest BCUT2D eigenvalue weighted by atomic mass is 10.1. The number of nitrogens with one attached hydrogen (secondary N) is 2. The minimum atomic E-state index is -0.678. The molecule has 6 nitrogen and oxygen atoms in total. The van der Waals surface area contributed by atoms with Crippen LogP contribution in [-0.4, -0.2) is 38.6 Å². The van der Waals surface area contributed by atoms with E-state index in [2.05, 4.69) is 15.7 Å². The smallest absolute Gasteiger partial charge is 0.247 e. The van der Waals surface area contributed by atoms with E-state index in [4.69, 9.17) is 11.6 Å². The van der Waals surface area contributed by atoms with Crippen LogP contribution in [0.1, 0.15) is 5.56 Å². The number of benzene rings is 2. The molecule has 9 heteroatoms. The third-order valence-corrected chi connectivity index (χ3v) is 6.33. The molecule has 1 aliphatic rings. The van der Waals surface area contributed by atoms with Gasteiger partial charge in [0.1, 0.15) is 11.9 Å². The molecular formula is C21H18ClFN4O2S. The van der Waals surface area contributed by atoms with Crippen LogP contribution in [0.3, 0.4) is 0 Å². The highest BCUT2D eigenvalue weighted by molar-refractivity contribution is 8.00. The first-order chi connectivity index (χ1) is 14.5. The molecule has 0 spiro atoms. The van der Waals surface area contributed by atoms with Crippen molar-refractivity contribution in [3.05, 3.63) is 77.3 Å². The van der Waals surface area contributed by atoms with Crippen molar-refractivity contribution in [2.24, 2.45) is 0 Å². The van der Waals surface area contributed by atoms with Crippen LogP contribution < -0.4 is 10.6 Å². The topological polar surface area (TPSA) is 76.0 Å². The Morgan fingerprint density at radius 2 is 2.03 bits per heavy atom. The number of thioether (sulfide) groups is 1. The Labute approximate surface area is 181 Å². The second-order valence-corrected chi connectivity index (χ2v) is 8.44. The van der Waals surface area contributed by atoms with Crippen molar-refractivity contribution in [3.8, 4) is 5.69 Å². The molecule has 2 amide bonds. The molecule has 2 atom stereocenters. The molecule has 1 aliphatic heterocycles. The monoisotopic (exact) mass is 444 g/mol. The van der Waals surface area contributed by atoms with Crippen molar-refractivity contribution in [2.75, 3.05) is 11.1 Å². The normalized spacial score (nSPS) is 18.7. The van der Waals surface area contributed by atoms with Gasteiger partial charge in [0.05, 0.1) is 34.0 Å². The molecule has 30 heavy (non-hydrogen) atoms. The summed E-state index contributed by atoms with van der Waals surface area (Å²) in [6, 6.07) is 12.9. The molecule has 2 heterocycles. The molecule has 2 aromatic carbocycles. The van der Waals surface area contributed by atoms with Crippen molar-refractivity contribution in [1.29, 1.82) is 0 Å². The molecule has 154 valence electrons. The number of nitrogens with zero attached hydrogens (tertiary/aromatic N) is 2. The number of aromatic nitrogens is 2. The summed E-state index contributed by atoms with van der Waals surface area (Å²) in [5.74, 6) is -0.545. The van der Waals surface area contributed by atoms with Crippen LogP contribution in [0, 0.1) is 5.82 Å². The van der Waals surface area contributed by atoms with Gasteiger partial charge in [-0.3, -0.25) is 9.59 Å². The molecule has 0 aliphatic carbocycles. The zero-order chi connectivity index (χ0) is 21.1. The number of hydrogen-bond acceptors (Lipinski definition) is 4. The molecule has 0 radical (unpaired) electrons. The first kappa shape index (κ1) is 20.4. The van der Waals surface area contributed by atoms with E-state index in [0.717, 1.165) is 0 Å². The Kier molecular flexibility index (Phi) is 6.06. The fourth-order valence-electron chi connectivity index (χ4n) is 3.14. The van der Waals surface area contributed by atoms with Gasteiger partial charge in [-0.25, -0.2) is 9.07 Å². The van der Waals surface area contributed by atoms with Gasteiger partial charge < -0.3 is 10.6 Å². The predicted molar refractivity (Wildman–Crippen MR) is 115 cm³/mol. The second kappa shape index (κ2) is 8.89. The quantitative estimate of drug-likeness (QED) is 0.632. The molecule has 1 saturated heterocycles. The Morgan fingerprint density at radius 3 is 2.80 bits per heavy atom. The molecule has 1 fully saturated rings. The van der Waals surface area contributed by atoms with Gasteiger partial charge in [-0.15, -0.1) is 11.8 Å². The van der Waals surface area contributed by atoms with E-state index >= 15 is 0 Å². The summed E-state index contributed by atoms with van der Waals surface area (Å²) >= 11 is 7.52. The van der Waals surface area contributed by atoms with Crippen LogP contribution in [0.4, 0.5) is 10.1 Å². The third-order valence-electron chi connectivity index (χ3n) is 4.70. The average molecular weight is 445 g/mol. The van der Waals surface area contributed by atoms with Gasteiger partial charge in [-0.1, -0.05) is 41.9 Å². The van der Waals surface area contributed by atoms with E-state index in [1.165, 1.54) is 24.0 Å². The lowest BCUT2D eigenvalue weighted by Crippen LogP contribution is -2.52. The van der Waals surface area contributed by atoms with E-state index in [1.807, 2.05) is 18.2 Å². The molecule has 0 bridgehead atoms. The fraction of sp³-hybridized carbons (Fsp3) is 0.190. The summed E-state index contributed by atoms with van der Waals surface area (Å²) < 4.78 is 15.4. The molecular weight excluding hydrogens is 427 g/mol. The highest BCUT2D eigenvalue weighted by atomic mass is 35.5.